The molecule has 29 heavy (non-hydrogen) atoms. The zero-order valence-corrected chi connectivity index (χ0v) is 16.9. The van der Waals surface area contributed by atoms with Crippen LogP contribution in [0.15, 0.2) is 41.4 Å². The Hall–Kier alpha value is -2.76. The van der Waals surface area contributed by atoms with Crippen LogP contribution in [-0.2, 0) is 19.6 Å². The van der Waals surface area contributed by atoms with Crippen molar-refractivity contribution in [2.24, 2.45) is 0 Å². The molecule has 3 rings (SSSR count). The van der Waals surface area contributed by atoms with E-state index < -0.39 is 10.0 Å². The van der Waals surface area contributed by atoms with Gasteiger partial charge in [-0.2, -0.15) is 5.10 Å². The van der Waals surface area contributed by atoms with E-state index in [0.29, 0.717) is 31.3 Å². The third-order valence-electron chi connectivity index (χ3n) is 4.22. The molecule has 0 saturated carbocycles. The number of sulfonamides is 1. The maximum absolute atomic E-state index is 12.4. The zero-order valence-electron chi connectivity index (χ0n) is 16.1. The molecule has 3 N–H and O–H groups in total. The fraction of sp³-hybridized carbons (Fsp3) is 0.389. The molecule has 1 saturated heterocycles. The monoisotopic (exact) mass is 420 g/mol. The summed E-state index contributed by atoms with van der Waals surface area (Å²) in [7, 11) is -3.65. The van der Waals surface area contributed by atoms with Gasteiger partial charge in [-0.25, -0.2) is 13.1 Å². The van der Waals surface area contributed by atoms with Gasteiger partial charge in [0.1, 0.15) is 0 Å². The number of hydrogen-bond acceptors (Lipinski definition) is 8. The molecule has 1 aliphatic rings. The molecule has 11 heteroatoms. The maximum atomic E-state index is 12.4. The molecule has 2 aromatic rings. The molecule has 1 amide bonds. The van der Waals surface area contributed by atoms with Crippen molar-refractivity contribution in [2.45, 2.75) is 11.8 Å². The number of nitrogens with zero attached hydrogens (tertiary/aromatic N) is 3. The Bertz CT molecular complexity index is 930. The molecule has 0 radical (unpaired) electrons. The molecule has 1 aromatic carbocycles. The second kappa shape index (κ2) is 9.63. The molecule has 0 unspecified atom stereocenters. The van der Waals surface area contributed by atoms with E-state index in [4.69, 9.17) is 4.74 Å². The third kappa shape index (κ3) is 6.11. The van der Waals surface area contributed by atoms with E-state index in [9.17, 15) is 13.2 Å². The Labute approximate surface area is 169 Å². The van der Waals surface area contributed by atoms with Crippen LogP contribution in [0.4, 0.5) is 17.2 Å². The summed E-state index contributed by atoms with van der Waals surface area (Å²) in [5, 5.41) is 13.7. The number of benzene rings is 1. The number of ether oxygens (including phenoxy) is 1. The number of nitrogens with one attached hydrogen (secondary N) is 3. The van der Waals surface area contributed by atoms with E-state index in [2.05, 4.69) is 30.5 Å². The summed E-state index contributed by atoms with van der Waals surface area (Å²) in [6.07, 6.45) is 1.70. The van der Waals surface area contributed by atoms with Gasteiger partial charge in [-0.15, -0.1) is 5.10 Å². The van der Waals surface area contributed by atoms with Crippen molar-refractivity contribution in [3.63, 3.8) is 0 Å². The summed E-state index contributed by atoms with van der Waals surface area (Å²) in [6, 6.07) is 7.85. The highest BCUT2D eigenvalue weighted by molar-refractivity contribution is 7.89. The van der Waals surface area contributed by atoms with Gasteiger partial charge in [0.05, 0.1) is 30.0 Å². The number of amides is 1. The number of carbonyl (C=O) groups is 1. The Kier molecular flexibility index (Phi) is 6.96. The number of hydrogen-bond donors (Lipinski definition) is 3. The topological polar surface area (TPSA) is 126 Å². The van der Waals surface area contributed by atoms with Gasteiger partial charge in [-0.3, -0.25) is 4.79 Å². The average molecular weight is 420 g/mol. The van der Waals surface area contributed by atoms with Gasteiger partial charge >= 0.3 is 0 Å². The minimum absolute atomic E-state index is 0.126. The second-order valence-electron chi connectivity index (χ2n) is 6.43. The largest absolute Gasteiger partial charge is 0.378 e. The van der Waals surface area contributed by atoms with Crippen LogP contribution in [0, 0.1) is 0 Å². The van der Waals surface area contributed by atoms with Crippen LogP contribution in [-0.4, -0.2) is 63.9 Å². The van der Waals surface area contributed by atoms with Crippen LogP contribution >= 0.6 is 0 Å². The Morgan fingerprint density at radius 1 is 1.17 bits per heavy atom. The summed E-state index contributed by atoms with van der Waals surface area (Å²) in [5.41, 5.74) is 1.49. The first-order valence-corrected chi connectivity index (χ1v) is 10.7. The maximum Gasteiger partial charge on any atom is 0.240 e. The van der Waals surface area contributed by atoms with Crippen LogP contribution < -0.4 is 20.3 Å². The van der Waals surface area contributed by atoms with Crippen LogP contribution in [0.2, 0.25) is 0 Å². The highest BCUT2D eigenvalue weighted by Crippen LogP contribution is 2.17. The molecular formula is C18H24N6O4S. The second-order valence-corrected chi connectivity index (χ2v) is 8.20. The summed E-state index contributed by atoms with van der Waals surface area (Å²) in [4.78, 5) is 13.3. The zero-order chi connectivity index (χ0) is 20.7. The minimum atomic E-state index is -3.65. The number of rotatable bonds is 8. The molecule has 1 aromatic heterocycles. The van der Waals surface area contributed by atoms with E-state index >= 15 is 0 Å². The van der Waals surface area contributed by atoms with Gasteiger partial charge in [-0.1, -0.05) is 0 Å². The van der Waals surface area contributed by atoms with Crippen molar-refractivity contribution in [3.8, 4) is 0 Å². The van der Waals surface area contributed by atoms with Crippen LogP contribution in [0.3, 0.4) is 0 Å². The van der Waals surface area contributed by atoms with Gasteiger partial charge in [-0.05, 0) is 24.3 Å². The highest BCUT2D eigenvalue weighted by atomic mass is 32.2. The van der Waals surface area contributed by atoms with Crippen LogP contribution in [0.1, 0.15) is 6.92 Å². The van der Waals surface area contributed by atoms with E-state index in [0.717, 1.165) is 18.8 Å². The quantitative estimate of drug-likeness (QED) is 0.532. The summed E-state index contributed by atoms with van der Waals surface area (Å²) >= 11 is 0. The van der Waals surface area contributed by atoms with Gasteiger partial charge in [0, 0.05) is 44.9 Å². The van der Waals surface area contributed by atoms with Crippen molar-refractivity contribution < 1.29 is 17.9 Å². The molecule has 2 heterocycles. The summed E-state index contributed by atoms with van der Waals surface area (Å²) < 4.78 is 32.6. The van der Waals surface area contributed by atoms with Crippen LogP contribution in [0.25, 0.3) is 0 Å². The summed E-state index contributed by atoms with van der Waals surface area (Å²) in [6.45, 7) is 4.87. The van der Waals surface area contributed by atoms with E-state index in [1.165, 1.54) is 19.1 Å². The number of carbonyl (C=O) groups excluding carboxylic acids is 1. The molecular weight excluding hydrogens is 396 g/mol. The molecule has 1 aliphatic heterocycles. The van der Waals surface area contributed by atoms with Gasteiger partial charge in [0.15, 0.2) is 5.82 Å². The van der Waals surface area contributed by atoms with Crippen molar-refractivity contribution in [3.05, 3.63) is 36.5 Å². The predicted molar refractivity (Wildman–Crippen MR) is 109 cm³/mol. The fourth-order valence-corrected chi connectivity index (χ4v) is 3.85. The van der Waals surface area contributed by atoms with Crippen molar-refractivity contribution in [1.82, 2.24) is 14.9 Å². The van der Waals surface area contributed by atoms with E-state index in [-0.39, 0.29) is 17.3 Å². The molecule has 1 fully saturated rings. The first-order chi connectivity index (χ1) is 13.9. The van der Waals surface area contributed by atoms with Gasteiger partial charge in [0.2, 0.25) is 15.9 Å². The molecule has 156 valence electrons. The number of morpholine rings is 1. The lowest BCUT2D eigenvalue weighted by atomic mass is 10.3. The summed E-state index contributed by atoms with van der Waals surface area (Å²) in [5.74, 6) is 0.360. The van der Waals surface area contributed by atoms with E-state index in [1.54, 1.807) is 18.3 Å². The molecule has 10 nitrogen and oxygen atoms in total. The fourth-order valence-electron chi connectivity index (χ4n) is 2.82. The standard InChI is InChI=1S/C18H24N6O4S/c1-14(25)22-15-2-4-17(5-3-15)29(26,27)21-7-6-19-18-12-16(13-20-23-18)24-8-10-28-11-9-24/h2-5,12-13,21H,6-11H2,1H3,(H,19,23)(H,22,25). The van der Waals surface area contributed by atoms with Gasteiger partial charge < -0.3 is 20.3 Å². The lowest BCUT2D eigenvalue weighted by Gasteiger charge is -2.28. The predicted octanol–water partition coefficient (Wildman–Crippen LogP) is 0.662. The number of anilines is 3. The lowest BCUT2D eigenvalue weighted by molar-refractivity contribution is -0.114. The molecule has 0 atom stereocenters. The van der Waals surface area contributed by atoms with Crippen molar-refractivity contribution in [2.75, 3.05) is 54.9 Å². The molecule has 0 aliphatic carbocycles. The number of aromatic nitrogens is 2. The smallest absolute Gasteiger partial charge is 0.240 e. The minimum Gasteiger partial charge on any atom is -0.378 e. The first-order valence-electron chi connectivity index (χ1n) is 9.21. The third-order valence-corrected chi connectivity index (χ3v) is 5.70. The highest BCUT2D eigenvalue weighted by Gasteiger charge is 2.14. The average Bonchev–Trinajstić information content (AvgIpc) is 2.72. The normalized spacial score (nSPS) is 14.4. The van der Waals surface area contributed by atoms with Crippen molar-refractivity contribution >= 4 is 33.1 Å². The van der Waals surface area contributed by atoms with Crippen molar-refractivity contribution in [1.29, 1.82) is 0 Å². The molecule has 0 bridgehead atoms. The Morgan fingerprint density at radius 3 is 2.59 bits per heavy atom. The van der Waals surface area contributed by atoms with Gasteiger partial charge in [0.25, 0.3) is 0 Å². The first kappa shape index (κ1) is 21.0. The SMILES string of the molecule is CC(=O)Nc1ccc(S(=O)(=O)NCCNc2cc(N3CCOCC3)cnn2)cc1. The molecule has 0 spiro atoms. The van der Waals surface area contributed by atoms with Crippen LogP contribution in [0.5, 0.6) is 0 Å². The van der Waals surface area contributed by atoms with E-state index in [1.807, 2.05) is 6.07 Å². The Balaban J connectivity index is 1.50. The Morgan fingerprint density at radius 2 is 1.90 bits per heavy atom. The lowest BCUT2D eigenvalue weighted by Crippen LogP contribution is -2.36.